The summed E-state index contributed by atoms with van der Waals surface area (Å²) in [5, 5.41) is 15.2. The smallest absolute Gasteiger partial charge is 0.186 e. The van der Waals surface area contributed by atoms with Crippen molar-refractivity contribution in [2.24, 2.45) is 10.2 Å². The lowest BCUT2D eigenvalue weighted by Crippen LogP contribution is -2.29. The molecule has 0 radical (unpaired) electrons. The van der Waals surface area contributed by atoms with Crippen molar-refractivity contribution in [2.45, 2.75) is 65.2 Å². The van der Waals surface area contributed by atoms with Gasteiger partial charge < -0.3 is 10.6 Å². The van der Waals surface area contributed by atoms with Crippen LogP contribution in [0.1, 0.15) is 65.2 Å². The zero-order valence-electron chi connectivity index (χ0n) is 15.4. The largest absolute Gasteiger partial charge is 0.364 e. The fourth-order valence-corrected chi connectivity index (χ4v) is 2.08. The Bertz CT molecular complexity index is 394. The third kappa shape index (κ3) is 14.3. The van der Waals surface area contributed by atoms with E-state index in [1.54, 1.807) is 14.1 Å². The lowest BCUT2D eigenvalue weighted by atomic mass is 10.1. The molecule has 0 spiro atoms. The van der Waals surface area contributed by atoms with Crippen LogP contribution in [0.3, 0.4) is 0 Å². The van der Waals surface area contributed by atoms with Gasteiger partial charge in [0.15, 0.2) is 10.2 Å². The maximum absolute atomic E-state index is 4.97. The van der Waals surface area contributed by atoms with Gasteiger partial charge in [0.2, 0.25) is 0 Å². The summed E-state index contributed by atoms with van der Waals surface area (Å²) in [4.78, 5) is 0. The fourth-order valence-electron chi connectivity index (χ4n) is 1.98. The average Bonchev–Trinajstić information content (AvgIpc) is 2.59. The van der Waals surface area contributed by atoms with Gasteiger partial charge in [0.05, 0.1) is 0 Å². The number of thiocarbonyl (C=S) groups is 2. The van der Waals surface area contributed by atoms with Crippen LogP contribution in [0.4, 0.5) is 0 Å². The van der Waals surface area contributed by atoms with Gasteiger partial charge in [-0.25, -0.2) is 0 Å². The number of hydrogen-bond donors (Lipinski definition) is 4. The lowest BCUT2D eigenvalue weighted by molar-refractivity contribution is 0.606. The molecule has 0 fully saturated rings. The van der Waals surface area contributed by atoms with Crippen LogP contribution in [0, 0.1) is 0 Å². The van der Waals surface area contributed by atoms with Crippen LogP contribution in [0.15, 0.2) is 10.2 Å². The van der Waals surface area contributed by atoms with Gasteiger partial charge in [-0.2, -0.15) is 10.2 Å². The second-order valence-electron chi connectivity index (χ2n) is 5.70. The highest BCUT2D eigenvalue weighted by Crippen LogP contribution is 2.09. The normalized spacial score (nSPS) is 11.8. The van der Waals surface area contributed by atoms with Gasteiger partial charge in [0.25, 0.3) is 0 Å². The van der Waals surface area contributed by atoms with E-state index in [0.29, 0.717) is 10.2 Å². The highest BCUT2D eigenvalue weighted by Gasteiger charge is 1.97. The van der Waals surface area contributed by atoms with Gasteiger partial charge >= 0.3 is 0 Å². The van der Waals surface area contributed by atoms with Crippen molar-refractivity contribution in [3.05, 3.63) is 0 Å². The molecule has 8 heteroatoms. The lowest BCUT2D eigenvalue weighted by Gasteiger charge is -2.05. The number of nitrogens with one attached hydrogen (secondary N) is 4. The Kier molecular flexibility index (Phi) is 14.4. The summed E-state index contributed by atoms with van der Waals surface area (Å²) in [5.74, 6) is 0. The Morgan fingerprint density at radius 1 is 0.667 bits per heavy atom. The SMILES string of the molecule is CNC(=S)NN=C(C)CCCCCCCCC(C)=NNC(=S)NC. The molecular weight excluding hydrogens is 340 g/mol. The molecule has 0 unspecified atom stereocenters. The van der Waals surface area contributed by atoms with Crippen molar-refractivity contribution in [1.82, 2.24) is 21.5 Å². The highest BCUT2D eigenvalue weighted by atomic mass is 32.1. The second-order valence-corrected chi connectivity index (χ2v) is 6.51. The summed E-state index contributed by atoms with van der Waals surface area (Å²) in [7, 11) is 3.56. The average molecular weight is 373 g/mol. The van der Waals surface area contributed by atoms with E-state index in [0.717, 1.165) is 24.3 Å². The molecule has 0 aromatic heterocycles. The van der Waals surface area contributed by atoms with Gasteiger partial charge in [0.1, 0.15) is 0 Å². The van der Waals surface area contributed by atoms with Crippen molar-refractivity contribution < 1.29 is 0 Å². The van der Waals surface area contributed by atoms with E-state index >= 15 is 0 Å². The zero-order chi connectivity index (χ0) is 18.2. The molecule has 0 bridgehead atoms. The first-order chi connectivity index (χ1) is 11.5. The van der Waals surface area contributed by atoms with E-state index in [4.69, 9.17) is 24.4 Å². The van der Waals surface area contributed by atoms with Crippen LogP contribution in [0.5, 0.6) is 0 Å². The Balaban J connectivity index is 3.54. The molecule has 0 heterocycles. The molecular formula is C16H32N6S2. The standard InChI is InChI=1S/C16H32N6S2/c1-13(19-21-15(23)17-3)11-9-7-5-6-8-10-12-14(2)20-22-16(24)18-4/h5-12H2,1-4H3,(H2,17,21,23)(H2,18,22,24). The summed E-state index contributed by atoms with van der Waals surface area (Å²) >= 11 is 9.94. The topological polar surface area (TPSA) is 72.8 Å². The molecule has 0 aliphatic heterocycles. The minimum atomic E-state index is 0.552. The van der Waals surface area contributed by atoms with Gasteiger partial charge in [-0.05, 0) is 64.0 Å². The molecule has 0 aromatic rings. The quantitative estimate of drug-likeness (QED) is 0.193. The van der Waals surface area contributed by atoms with Crippen molar-refractivity contribution in [3.8, 4) is 0 Å². The maximum atomic E-state index is 4.97. The minimum absolute atomic E-state index is 0.552. The molecule has 6 nitrogen and oxygen atoms in total. The predicted octanol–water partition coefficient (Wildman–Crippen LogP) is 3.05. The molecule has 0 aromatic carbocycles. The predicted molar refractivity (Wildman–Crippen MR) is 113 cm³/mol. The highest BCUT2D eigenvalue weighted by molar-refractivity contribution is 7.80. The van der Waals surface area contributed by atoms with Crippen molar-refractivity contribution >= 4 is 46.1 Å². The molecule has 138 valence electrons. The van der Waals surface area contributed by atoms with Crippen LogP contribution >= 0.6 is 24.4 Å². The number of unbranched alkanes of at least 4 members (excludes halogenated alkanes) is 5. The molecule has 0 amide bonds. The summed E-state index contributed by atoms with van der Waals surface area (Å²) in [6, 6.07) is 0. The number of hydrogen-bond acceptors (Lipinski definition) is 4. The number of rotatable bonds is 11. The van der Waals surface area contributed by atoms with E-state index in [2.05, 4.69) is 31.7 Å². The Hall–Kier alpha value is -1.28. The third-order valence-electron chi connectivity index (χ3n) is 3.48. The number of hydrazone groups is 2. The molecule has 4 N–H and O–H groups in total. The first kappa shape index (κ1) is 22.7. The van der Waals surface area contributed by atoms with Crippen molar-refractivity contribution in [2.75, 3.05) is 14.1 Å². The molecule has 0 atom stereocenters. The zero-order valence-corrected chi connectivity index (χ0v) is 17.0. The van der Waals surface area contributed by atoms with Crippen molar-refractivity contribution in [3.63, 3.8) is 0 Å². The van der Waals surface area contributed by atoms with Gasteiger partial charge in [-0.15, -0.1) is 0 Å². The number of nitrogens with zero attached hydrogens (tertiary/aromatic N) is 2. The van der Waals surface area contributed by atoms with Gasteiger partial charge in [-0.1, -0.05) is 25.7 Å². The van der Waals surface area contributed by atoms with Crippen LogP contribution in [-0.4, -0.2) is 35.7 Å². The first-order valence-corrected chi connectivity index (χ1v) is 9.33. The minimum Gasteiger partial charge on any atom is -0.364 e. The Labute approximate surface area is 157 Å². The van der Waals surface area contributed by atoms with Crippen LogP contribution in [0.25, 0.3) is 0 Å². The van der Waals surface area contributed by atoms with Gasteiger partial charge in [0, 0.05) is 25.5 Å². The molecule has 0 saturated carbocycles. The molecule has 0 aliphatic rings. The maximum Gasteiger partial charge on any atom is 0.186 e. The molecule has 0 saturated heterocycles. The van der Waals surface area contributed by atoms with Crippen LogP contribution in [0.2, 0.25) is 0 Å². The third-order valence-corrected chi connectivity index (χ3v) is 4.07. The van der Waals surface area contributed by atoms with E-state index in [9.17, 15) is 0 Å². The van der Waals surface area contributed by atoms with E-state index < -0.39 is 0 Å². The Morgan fingerprint density at radius 3 is 1.33 bits per heavy atom. The summed E-state index contributed by atoms with van der Waals surface area (Å²) in [6.07, 6.45) is 9.42. The fraction of sp³-hybridized carbons (Fsp3) is 0.750. The monoisotopic (exact) mass is 372 g/mol. The summed E-state index contributed by atoms with van der Waals surface area (Å²) in [5.41, 5.74) is 7.80. The van der Waals surface area contributed by atoms with E-state index in [-0.39, 0.29) is 0 Å². The summed E-state index contributed by atoms with van der Waals surface area (Å²) in [6.45, 7) is 4.06. The summed E-state index contributed by atoms with van der Waals surface area (Å²) < 4.78 is 0. The van der Waals surface area contributed by atoms with Gasteiger partial charge in [-0.3, -0.25) is 10.9 Å². The molecule has 0 rings (SSSR count). The van der Waals surface area contributed by atoms with Crippen molar-refractivity contribution in [1.29, 1.82) is 0 Å². The molecule has 0 aliphatic carbocycles. The van der Waals surface area contributed by atoms with Crippen LogP contribution in [-0.2, 0) is 0 Å². The Morgan fingerprint density at radius 2 is 1.00 bits per heavy atom. The molecule has 24 heavy (non-hydrogen) atoms. The first-order valence-electron chi connectivity index (χ1n) is 8.51. The van der Waals surface area contributed by atoms with Crippen LogP contribution < -0.4 is 21.5 Å². The second kappa shape index (κ2) is 15.3. The van der Waals surface area contributed by atoms with E-state index in [1.165, 1.54) is 38.5 Å². The van der Waals surface area contributed by atoms with E-state index in [1.807, 2.05) is 13.8 Å².